The molecule has 28 heavy (non-hydrogen) atoms. The average Bonchev–Trinajstić information content (AvgIpc) is 2.72. The quantitative estimate of drug-likeness (QED) is 0.600. The number of aryl methyl sites for hydroxylation is 3. The van der Waals surface area contributed by atoms with E-state index in [2.05, 4.69) is 48.6 Å². The minimum absolute atomic E-state index is 0.0169. The first-order valence-corrected chi connectivity index (χ1v) is 11.5. The van der Waals surface area contributed by atoms with Crippen molar-refractivity contribution >= 4 is 17.7 Å². The van der Waals surface area contributed by atoms with Crippen molar-refractivity contribution < 1.29 is 9.53 Å². The Morgan fingerprint density at radius 3 is 2.71 bits per heavy atom. The minimum Gasteiger partial charge on any atom is -0.481 e. The highest BCUT2D eigenvalue weighted by Crippen LogP contribution is 2.26. The standard InChI is InChI=1S/C24H31NO2S/c1-3-23(27-22-13-12-19-9-6-7-10-20(19)16-22)24(26)25-14-15-28-17-21-11-5-4-8-18(21)2/h4-5,8,11-13,16,23H,3,6-7,9-10,14-15,17H2,1-2H3,(H,25,26)/t23-/m1/s1. The highest BCUT2D eigenvalue weighted by atomic mass is 32.2. The molecule has 0 saturated carbocycles. The molecule has 0 heterocycles. The molecule has 0 bridgehead atoms. The second kappa shape index (κ2) is 10.6. The number of thioether (sulfide) groups is 1. The van der Waals surface area contributed by atoms with Crippen LogP contribution in [0.2, 0.25) is 0 Å². The van der Waals surface area contributed by atoms with E-state index >= 15 is 0 Å². The summed E-state index contributed by atoms with van der Waals surface area (Å²) in [6.45, 7) is 4.80. The molecule has 3 nitrogen and oxygen atoms in total. The Balaban J connectivity index is 1.43. The summed E-state index contributed by atoms with van der Waals surface area (Å²) in [5.74, 6) is 2.68. The van der Waals surface area contributed by atoms with Crippen molar-refractivity contribution in [3.05, 3.63) is 64.7 Å². The Hall–Kier alpha value is -1.94. The van der Waals surface area contributed by atoms with Gasteiger partial charge in [0, 0.05) is 18.1 Å². The van der Waals surface area contributed by atoms with Crippen molar-refractivity contribution in [2.45, 2.75) is 57.8 Å². The predicted molar refractivity (Wildman–Crippen MR) is 118 cm³/mol. The molecule has 0 aromatic heterocycles. The lowest BCUT2D eigenvalue weighted by atomic mass is 9.92. The van der Waals surface area contributed by atoms with E-state index in [1.807, 2.05) is 24.8 Å². The summed E-state index contributed by atoms with van der Waals surface area (Å²) < 4.78 is 6.01. The van der Waals surface area contributed by atoms with Gasteiger partial charge in [0.1, 0.15) is 5.75 Å². The normalized spacial score (nSPS) is 14.2. The molecule has 1 aliphatic carbocycles. The molecule has 0 aliphatic heterocycles. The molecule has 1 amide bonds. The number of benzene rings is 2. The lowest BCUT2D eigenvalue weighted by Gasteiger charge is -2.20. The van der Waals surface area contributed by atoms with Gasteiger partial charge in [-0.1, -0.05) is 37.3 Å². The van der Waals surface area contributed by atoms with Gasteiger partial charge in [-0.15, -0.1) is 0 Å². The van der Waals surface area contributed by atoms with Gasteiger partial charge in [-0.3, -0.25) is 4.79 Å². The van der Waals surface area contributed by atoms with E-state index in [9.17, 15) is 4.79 Å². The number of carbonyl (C=O) groups excluding carboxylic acids is 1. The maximum Gasteiger partial charge on any atom is 0.261 e. The van der Waals surface area contributed by atoms with Crippen molar-refractivity contribution in [3.63, 3.8) is 0 Å². The zero-order valence-corrected chi connectivity index (χ0v) is 17.8. The topological polar surface area (TPSA) is 38.3 Å². The summed E-state index contributed by atoms with van der Waals surface area (Å²) in [6.07, 6.45) is 5.03. The molecule has 0 unspecified atom stereocenters. The molecule has 4 heteroatoms. The van der Waals surface area contributed by atoms with Crippen LogP contribution in [0.1, 0.15) is 48.4 Å². The zero-order chi connectivity index (χ0) is 19.8. The smallest absolute Gasteiger partial charge is 0.261 e. The van der Waals surface area contributed by atoms with E-state index in [0.717, 1.165) is 30.1 Å². The predicted octanol–water partition coefficient (Wildman–Crippen LogP) is 5.08. The largest absolute Gasteiger partial charge is 0.481 e. The number of rotatable bonds is 9. The second-order valence-electron chi connectivity index (χ2n) is 7.42. The van der Waals surface area contributed by atoms with Crippen molar-refractivity contribution in [2.24, 2.45) is 0 Å². The van der Waals surface area contributed by atoms with Gasteiger partial charge in [-0.2, -0.15) is 11.8 Å². The van der Waals surface area contributed by atoms with Crippen LogP contribution in [0.4, 0.5) is 0 Å². The lowest BCUT2D eigenvalue weighted by Crippen LogP contribution is -2.39. The number of hydrogen-bond donors (Lipinski definition) is 1. The van der Waals surface area contributed by atoms with E-state index in [4.69, 9.17) is 4.74 Å². The van der Waals surface area contributed by atoms with Gasteiger partial charge in [-0.05, 0) is 73.4 Å². The highest BCUT2D eigenvalue weighted by molar-refractivity contribution is 7.98. The molecule has 1 aliphatic rings. The summed E-state index contributed by atoms with van der Waals surface area (Å²) in [5.41, 5.74) is 5.50. The summed E-state index contributed by atoms with van der Waals surface area (Å²) in [5, 5.41) is 3.03. The molecule has 0 radical (unpaired) electrons. The fourth-order valence-corrected chi connectivity index (χ4v) is 4.52. The first kappa shape index (κ1) is 20.8. The fraction of sp³-hybridized carbons (Fsp3) is 0.458. The molecular formula is C24H31NO2S. The van der Waals surface area contributed by atoms with Crippen LogP contribution in [-0.2, 0) is 23.4 Å². The number of fused-ring (bicyclic) bond motifs is 1. The number of ether oxygens (including phenoxy) is 1. The van der Waals surface area contributed by atoms with Crippen molar-refractivity contribution in [1.82, 2.24) is 5.32 Å². The van der Waals surface area contributed by atoms with E-state index in [-0.39, 0.29) is 5.91 Å². The second-order valence-corrected chi connectivity index (χ2v) is 8.53. The third-order valence-corrected chi connectivity index (χ3v) is 6.33. The Morgan fingerprint density at radius 1 is 1.14 bits per heavy atom. The molecular weight excluding hydrogens is 366 g/mol. The first-order chi connectivity index (χ1) is 13.7. The van der Waals surface area contributed by atoms with Gasteiger partial charge in [0.25, 0.3) is 5.91 Å². The van der Waals surface area contributed by atoms with Gasteiger partial charge in [0.15, 0.2) is 6.10 Å². The number of amides is 1. The maximum absolute atomic E-state index is 12.5. The molecule has 3 rings (SSSR count). The van der Waals surface area contributed by atoms with Gasteiger partial charge >= 0.3 is 0 Å². The van der Waals surface area contributed by atoms with Crippen LogP contribution < -0.4 is 10.1 Å². The number of nitrogens with one attached hydrogen (secondary N) is 1. The summed E-state index contributed by atoms with van der Waals surface area (Å²) >= 11 is 1.85. The van der Waals surface area contributed by atoms with Crippen molar-refractivity contribution in [3.8, 4) is 5.75 Å². The maximum atomic E-state index is 12.5. The molecule has 1 atom stereocenters. The van der Waals surface area contributed by atoms with Gasteiger partial charge in [-0.25, -0.2) is 0 Å². The van der Waals surface area contributed by atoms with Crippen LogP contribution >= 0.6 is 11.8 Å². The Kier molecular flexibility index (Phi) is 7.84. The molecule has 1 N–H and O–H groups in total. The van der Waals surface area contributed by atoms with Crippen LogP contribution in [0.3, 0.4) is 0 Å². The Labute approximate surface area is 173 Å². The Bertz CT molecular complexity index is 790. The highest BCUT2D eigenvalue weighted by Gasteiger charge is 2.19. The molecule has 0 spiro atoms. The zero-order valence-electron chi connectivity index (χ0n) is 17.0. The van der Waals surface area contributed by atoms with E-state index in [0.29, 0.717) is 13.0 Å². The fourth-order valence-electron chi connectivity index (χ4n) is 3.58. The number of carbonyl (C=O) groups is 1. The van der Waals surface area contributed by atoms with Crippen LogP contribution in [0.5, 0.6) is 5.75 Å². The van der Waals surface area contributed by atoms with E-state index in [1.54, 1.807) is 0 Å². The molecule has 2 aromatic carbocycles. The first-order valence-electron chi connectivity index (χ1n) is 10.4. The van der Waals surface area contributed by atoms with Gasteiger partial charge in [0.2, 0.25) is 0 Å². The molecule has 0 saturated heterocycles. The van der Waals surface area contributed by atoms with Crippen LogP contribution in [0.25, 0.3) is 0 Å². The third kappa shape index (κ3) is 5.78. The minimum atomic E-state index is -0.428. The Morgan fingerprint density at radius 2 is 1.93 bits per heavy atom. The monoisotopic (exact) mass is 397 g/mol. The SMILES string of the molecule is CC[C@@H](Oc1ccc2c(c1)CCCC2)C(=O)NCCSCc1ccccc1C. The van der Waals surface area contributed by atoms with E-state index < -0.39 is 6.10 Å². The molecule has 2 aromatic rings. The van der Waals surface area contributed by atoms with Crippen LogP contribution in [-0.4, -0.2) is 24.3 Å². The summed E-state index contributed by atoms with van der Waals surface area (Å²) in [4.78, 5) is 12.5. The number of hydrogen-bond acceptors (Lipinski definition) is 3. The molecule has 0 fully saturated rings. The van der Waals surface area contributed by atoms with Crippen LogP contribution in [0.15, 0.2) is 42.5 Å². The van der Waals surface area contributed by atoms with Gasteiger partial charge < -0.3 is 10.1 Å². The molecule has 150 valence electrons. The summed E-state index contributed by atoms with van der Waals surface area (Å²) in [7, 11) is 0. The van der Waals surface area contributed by atoms with E-state index in [1.165, 1.54) is 35.1 Å². The lowest BCUT2D eigenvalue weighted by molar-refractivity contribution is -0.127. The van der Waals surface area contributed by atoms with Gasteiger partial charge in [0.05, 0.1) is 0 Å². The van der Waals surface area contributed by atoms with Crippen molar-refractivity contribution in [1.29, 1.82) is 0 Å². The third-order valence-electron chi connectivity index (χ3n) is 5.33. The van der Waals surface area contributed by atoms with Crippen molar-refractivity contribution in [2.75, 3.05) is 12.3 Å². The summed E-state index contributed by atoms with van der Waals surface area (Å²) in [6, 6.07) is 14.8. The average molecular weight is 398 g/mol. The van der Waals surface area contributed by atoms with Crippen LogP contribution in [0, 0.1) is 6.92 Å².